The lowest BCUT2D eigenvalue weighted by molar-refractivity contribution is -0.189. The van der Waals surface area contributed by atoms with Crippen molar-refractivity contribution in [2.75, 3.05) is 6.54 Å². The molecule has 0 aromatic heterocycles. The van der Waals surface area contributed by atoms with Gasteiger partial charge in [-0.3, -0.25) is 4.79 Å². The fraction of sp³-hybridized carbons (Fsp3) is 0.750. The van der Waals surface area contributed by atoms with Crippen LogP contribution in [-0.2, 0) is 14.3 Å². The van der Waals surface area contributed by atoms with Gasteiger partial charge in [0.15, 0.2) is 0 Å². The minimum Gasteiger partial charge on any atom is -0.480 e. The van der Waals surface area contributed by atoms with Crippen LogP contribution < -0.4 is 0 Å². The van der Waals surface area contributed by atoms with Gasteiger partial charge in [0.25, 0.3) is 0 Å². The minimum atomic E-state index is -5.26. The Morgan fingerprint density at radius 1 is 1.33 bits per heavy atom. The maximum Gasteiger partial charge on any atom is 0.471 e. The number of alkyl halides is 5. The zero-order chi connectivity index (χ0) is 14.1. The number of ether oxygens (including phenoxy) is 1. The second kappa shape index (κ2) is 5.04. The van der Waals surface area contributed by atoms with Crippen LogP contribution in [-0.4, -0.2) is 53.4 Å². The molecule has 10 heteroatoms. The van der Waals surface area contributed by atoms with Crippen LogP contribution in [0.25, 0.3) is 0 Å². The van der Waals surface area contributed by atoms with E-state index in [1.807, 2.05) is 0 Å². The van der Waals surface area contributed by atoms with Crippen LogP contribution in [0.3, 0.4) is 0 Å². The standard InChI is InChI=1S/C8H8F5NO4/c9-7(10)18-3-1-4(5(15)16)14(2-3)6(17)8(11,12)13/h3-4,7H,1-2H2,(H,15,16)/t3-,4-/m1/s1. The van der Waals surface area contributed by atoms with Gasteiger partial charge in [0.05, 0.1) is 6.10 Å². The summed E-state index contributed by atoms with van der Waals surface area (Å²) in [6.07, 6.45) is -7.30. The monoisotopic (exact) mass is 277 g/mol. The first-order valence-corrected chi connectivity index (χ1v) is 4.67. The van der Waals surface area contributed by atoms with Crippen molar-refractivity contribution in [2.45, 2.75) is 31.4 Å². The first kappa shape index (κ1) is 14.6. The summed E-state index contributed by atoms with van der Waals surface area (Å²) >= 11 is 0. The fourth-order valence-electron chi connectivity index (χ4n) is 1.66. The molecule has 5 nitrogen and oxygen atoms in total. The van der Waals surface area contributed by atoms with Crippen molar-refractivity contribution in [2.24, 2.45) is 0 Å². The van der Waals surface area contributed by atoms with Crippen LogP contribution in [0.5, 0.6) is 0 Å². The van der Waals surface area contributed by atoms with E-state index >= 15 is 0 Å². The highest BCUT2D eigenvalue weighted by atomic mass is 19.4. The Balaban J connectivity index is 2.82. The largest absolute Gasteiger partial charge is 0.480 e. The van der Waals surface area contributed by atoms with Gasteiger partial charge >= 0.3 is 24.7 Å². The highest BCUT2D eigenvalue weighted by Crippen LogP contribution is 2.28. The zero-order valence-corrected chi connectivity index (χ0v) is 8.66. The number of likely N-dealkylation sites (tertiary alicyclic amines) is 1. The van der Waals surface area contributed by atoms with Crippen LogP contribution >= 0.6 is 0 Å². The molecular formula is C8H8F5NO4. The van der Waals surface area contributed by atoms with Gasteiger partial charge in [0, 0.05) is 13.0 Å². The number of rotatable bonds is 3. The lowest BCUT2D eigenvalue weighted by Gasteiger charge is -2.22. The maximum absolute atomic E-state index is 12.2. The van der Waals surface area contributed by atoms with E-state index in [9.17, 15) is 31.5 Å². The number of carbonyl (C=O) groups is 2. The molecule has 1 rings (SSSR count). The Kier molecular flexibility index (Phi) is 4.09. The molecule has 0 aromatic carbocycles. The van der Waals surface area contributed by atoms with Crippen molar-refractivity contribution < 1.29 is 41.4 Å². The van der Waals surface area contributed by atoms with Gasteiger partial charge in [-0.05, 0) is 0 Å². The molecule has 1 aliphatic heterocycles. The molecule has 1 saturated heterocycles. The Labute approximate surface area is 97.1 Å². The topological polar surface area (TPSA) is 66.8 Å². The van der Waals surface area contributed by atoms with Crippen molar-refractivity contribution >= 4 is 11.9 Å². The maximum atomic E-state index is 12.2. The average Bonchev–Trinajstić information content (AvgIpc) is 2.57. The number of carboxylic acids is 1. The van der Waals surface area contributed by atoms with Crippen molar-refractivity contribution in [3.8, 4) is 0 Å². The Bertz CT molecular complexity index is 345. The smallest absolute Gasteiger partial charge is 0.471 e. The van der Waals surface area contributed by atoms with Crippen molar-refractivity contribution in [3.63, 3.8) is 0 Å². The summed E-state index contributed by atoms with van der Waals surface area (Å²) in [4.78, 5) is 21.6. The fourth-order valence-corrected chi connectivity index (χ4v) is 1.66. The highest BCUT2D eigenvalue weighted by Gasteiger charge is 2.50. The summed E-state index contributed by atoms with van der Waals surface area (Å²) in [5.41, 5.74) is 0. The number of amides is 1. The van der Waals surface area contributed by atoms with Crippen LogP contribution in [0.15, 0.2) is 0 Å². The summed E-state index contributed by atoms with van der Waals surface area (Å²) in [5, 5.41) is 8.65. The summed E-state index contributed by atoms with van der Waals surface area (Å²) in [6.45, 7) is -4.08. The van der Waals surface area contributed by atoms with Gasteiger partial charge in [0.2, 0.25) is 0 Å². The first-order chi connectivity index (χ1) is 8.12. The van der Waals surface area contributed by atoms with Gasteiger partial charge in [0.1, 0.15) is 6.04 Å². The molecule has 1 heterocycles. The third-order valence-electron chi connectivity index (χ3n) is 2.35. The van der Waals surface area contributed by atoms with Gasteiger partial charge in [-0.25, -0.2) is 4.79 Å². The van der Waals surface area contributed by atoms with E-state index in [-0.39, 0.29) is 4.90 Å². The highest BCUT2D eigenvalue weighted by molar-refractivity contribution is 5.87. The van der Waals surface area contributed by atoms with Crippen molar-refractivity contribution in [3.05, 3.63) is 0 Å². The van der Waals surface area contributed by atoms with E-state index in [4.69, 9.17) is 5.11 Å². The number of hydrogen-bond acceptors (Lipinski definition) is 3. The van der Waals surface area contributed by atoms with Gasteiger partial charge in [-0.2, -0.15) is 22.0 Å². The molecular weight excluding hydrogens is 269 g/mol. The van der Waals surface area contributed by atoms with E-state index in [0.717, 1.165) is 0 Å². The average molecular weight is 277 g/mol. The first-order valence-electron chi connectivity index (χ1n) is 4.67. The Morgan fingerprint density at radius 3 is 2.28 bits per heavy atom. The number of hydrogen-bond donors (Lipinski definition) is 1. The van der Waals surface area contributed by atoms with Crippen molar-refractivity contribution in [1.82, 2.24) is 4.90 Å². The molecule has 1 fully saturated rings. The Morgan fingerprint density at radius 2 is 1.89 bits per heavy atom. The van der Waals surface area contributed by atoms with E-state index in [0.29, 0.717) is 0 Å². The molecule has 2 atom stereocenters. The minimum absolute atomic E-state index is 0.0185. The van der Waals surface area contributed by atoms with Crippen LogP contribution in [0.4, 0.5) is 22.0 Å². The lowest BCUT2D eigenvalue weighted by Crippen LogP contribution is -2.47. The second-order valence-corrected chi connectivity index (χ2v) is 3.56. The third-order valence-corrected chi connectivity index (χ3v) is 2.35. The summed E-state index contributed by atoms with van der Waals surface area (Å²) in [5.74, 6) is -4.08. The van der Waals surface area contributed by atoms with E-state index in [1.165, 1.54) is 0 Å². The SMILES string of the molecule is O=C(O)[C@H]1C[C@@H](OC(F)F)CN1C(=O)C(F)(F)F. The van der Waals surface area contributed by atoms with Crippen molar-refractivity contribution in [1.29, 1.82) is 0 Å². The van der Waals surface area contributed by atoms with Crippen LogP contribution in [0, 0.1) is 0 Å². The molecule has 0 bridgehead atoms. The van der Waals surface area contributed by atoms with Crippen LogP contribution in [0.2, 0.25) is 0 Å². The summed E-state index contributed by atoms with van der Waals surface area (Å²) < 4.78 is 64.2. The molecule has 1 aliphatic rings. The number of aliphatic carboxylic acids is 1. The molecule has 0 aromatic rings. The number of nitrogens with zero attached hydrogens (tertiary/aromatic N) is 1. The molecule has 1 N–H and O–H groups in total. The Hall–Kier alpha value is -1.45. The van der Waals surface area contributed by atoms with E-state index in [2.05, 4.69) is 4.74 Å². The van der Waals surface area contributed by atoms with Crippen LogP contribution in [0.1, 0.15) is 6.42 Å². The molecule has 0 radical (unpaired) electrons. The van der Waals surface area contributed by atoms with E-state index < -0.39 is 49.8 Å². The molecule has 0 saturated carbocycles. The predicted octanol–water partition coefficient (Wildman–Crippen LogP) is 0.842. The second-order valence-electron chi connectivity index (χ2n) is 3.56. The number of carbonyl (C=O) groups excluding carboxylic acids is 1. The van der Waals surface area contributed by atoms with Gasteiger partial charge in [-0.15, -0.1) is 0 Å². The lowest BCUT2D eigenvalue weighted by atomic mass is 10.2. The molecule has 0 aliphatic carbocycles. The summed E-state index contributed by atoms with van der Waals surface area (Å²) in [6, 6.07) is -1.82. The van der Waals surface area contributed by atoms with Gasteiger partial charge < -0.3 is 14.7 Å². The molecule has 18 heavy (non-hydrogen) atoms. The molecule has 0 unspecified atom stereocenters. The number of carboxylic acid groups (broad SMARTS) is 1. The molecule has 0 spiro atoms. The van der Waals surface area contributed by atoms with E-state index in [1.54, 1.807) is 0 Å². The number of halogens is 5. The molecule has 1 amide bonds. The quantitative estimate of drug-likeness (QED) is 0.776. The zero-order valence-electron chi connectivity index (χ0n) is 8.66. The molecule has 104 valence electrons. The van der Waals surface area contributed by atoms with Gasteiger partial charge in [-0.1, -0.05) is 0 Å². The third kappa shape index (κ3) is 3.28. The summed E-state index contributed by atoms with van der Waals surface area (Å²) in [7, 11) is 0. The normalized spacial score (nSPS) is 24.7. The predicted molar refractivity (Wildman–Crippen MR) is 44.7 cm³/mol.